The van der Waals surface area contributed by atoms with Crippen molar-refractivity contribution in [2.75, 3.05) is 62.7 Å². The number of fused-ring (bicyclic) bond motifs is 2. The van der Waals surface area contributed by atoms with E-state index >= 15 is 0 Å². The quantitative estimate of drug-likeness (QED) is 0.341. The van der Waals surface area contributed by atoms with Gasteiger partial charge in [0.1, 0.15) is 29.9 Å². The third kappa shape index (κ3) is 4.51. The van der Waals surface area contributed by atoms with Gasteiger partial charge in [0, 0.05) is 56.3 Å². The second-order valence-corrected chi connectivity index (χ2v) is 10.6. The zero-order valence-corrected chi connectivity index (χ0v) is 22.1. The number of aromatic nitrogens is 2. The van der Waals surface area contributed by atoms with Crippen LogP contribution in [0.15, 0.2) is 34.9 Å². The third-order valence-electron chi connectivity index (χ3n) is 8.28. The zero-order valence-electron chi connectivity index (χ0n) is 22.1. The molecule has 0 radical (unpaired) electrons. The minimum absolute atomic E-state index is 0.0326. The summed E-state index contributed by atoms with van der Waals surface area (Å²) in [5.41, 5.74) is 1.67. The molecular weight excluding hydrogens is 468 g/mol. The number of morpholine rings is 1. The van der Waals surface area contributed by atoms with E-state index in [-0.39, 0.29) is 17.4 Å². The first-order valence-corrected chi connectivity index (χ1v) is 13.1. The average molecular weight is 505 g/mol. The SMILES string of the molecule is C=N/C(=C\C(C#N)=C/C)N1CC2(CCC2)c2c(N3CCN(C(=O)C4CN(C)CCO4)C(C)C3)ncnc21. The number of carbonyl (C=O) groups is 1. The molecule has 196 valence electrons. The number of nitrogens with zero attached hydrogens (tertiary/aromatic N) is 8. The summed E-state index contributed by atoms with van der Waals surface area (Å²) >= 11 is 0. The second kappa shape index (κ2) is 10.2. The Labute approximate surface area is 218 Å². The van der Waals surface area contributed by atoms with Gasteiger partial charge in [-0.25, -0.2) is 15.0 Å². The van der Waals surface area contributed by atoms with Crippen LogP contribution >= 0.6 is 0 Å². The molecule has 2 unspecified atom stereocenters. The molecular formula is C27H36N8O2. The van der Waals surface area contributed by atoms with E-state index < -0.39 is 6.10 Å². The van der Waals surface area contributed by atoms with Gasteiger partial charge in [0.05, 0.1) is 18.2 Å². The molecule has 0 aromatic carbocycles. The van der Waals surface area contributed by atoms with E-state index in [1.807, 2.05) is 18.9 Å². The highest BCUT2D eigenvalue weighted by molar-refractivity contribution is 5.82. The summed E-state index contributed by atoms with van der Waals surface area (Å²) in [4.78, 5) is 35.5. The van der Waals surface area contributed by atoms with Gasteiger partial charge in [-0.05, 0) is 46.5 Å². The number of nitriles is 1. The summed E-state index contributed by atoms with van der Waals surface area (Å²) in [6.45, 7) is 12.6. The Balaban J connectivity index is 1.41. The van der Waals surface area contributed by atoms with E-state index in [1.165, 1.54) is 5.56 Å². The molecule has 2 atom stereocenters. The van der Waals surface area contributed by atoms with Crippen molar-refractivity contribution < 1.29 is 9.53 Å². The highest BCUT2D eigenvalue weighted by atomic mass is 16.5. The maximum atomic E-state index is 13.3. The number of piperazine rings is 1. The van der Waals surface area contributed by atoms with E-state index in [4.69, 9.17) is 14.7 Å². The molecule has 10 heteroatoms. The molecule has 3 aliphatic heterocycles. The fraction of sp³-hybridized carbons (Fsp3) is 0.593. The third-order valence-corrected chi connectivity index (χ3v) is 8.28. The first-order valence-electron chi connectivity index (χ1n) is 13.1. The Morgan fingerprint density at radius 1 is 1.27 bits per heavy atom. The van der Waals surface area contributed by atoms with Crippen LogP contribution in [0.1, 0.15) is 38.7 Å². The lowest BCUT2D eigenvalue weighted by molar-refractivity contribution is -0.151. The van der Waals surface area contributed by atoms with Crippen molar-refractivity contribution >= 4 is 24.3 Å². The minimum Gasteiger partial charge on any atom is -0.366 e. The van der Waals surface area contributed by atoms with Crippen LogP contribution in [-0.2, 0) is 14.9 Å². The predicted molar refractivity (Wildman–Crippen MR) is 143 cm³/mol. The Hall–Kier alpha value is -3.29. The molecule has 1 amide bonds. The number of hydrogen-bond donors (Lipinski definition) is 0. The van der Waals surface area contributed by atoms with Crippen molar-refractivity contribution in [2.45, 2.75) is 50.7 Å². The van der Waals surface area contributed by atoms with Crippen LogP contribution < -0.4 is 9.80 Å². The summed E-state index contributed by atoms with van der Waals surface area (Å²) < 4.78 is 5.81. The zero-order chi connectivity index (χ0) is 26.2. The van der Waals surface area contributed by atoms with Crippen LogP contribution in [0, 0.1) is 11.3 Å². The molecule has 10 nitrogen and oxygen atoms in total. The summed E-state index contributed by atoms with van der Waals surface area (Å²) in [7, 11) is 2.03. The van der Waals surface area contributed by atoms with Crippen LogP contribution in [0.2, 0.25) is 0 Å². The Kier molecular flexibility index (Phi) is 7.01. The highest BCUT2D eigenvalue weighted by Crippen LogP contribution is 2.55. The van der Waals surface area contributed by atoms with E-state index in [2.05, 4.69) is 39.4 Å². The first kappa shape index (κ1) is 25.4. The van der Waals surface area contributed by atoms with Gasteiger partial charge in [-0.3, -0.25) is 4.79 Å². The molecule has 1 aromatic heterocycles. The maximum absolute atomic E-state index is 13.3. The molecule has 1 saturated carbocycles. The molecule has 1 aromatic rings. The summed E-state index contributed by atoms with van der Waals surface area (Å²) in [6.07, 6.45) is 8.06. The monoisotopic (exact) mass is 504 g/mol. The number of carbonyl (C=O) groups excluding carboxylic acids is 1. The summed E-state index contributed by atoms with van der Waals surface area (Å²) in [5.74, 6) is 2.51. The van der Waals surface area contributed by atoms with Gasteiger partial charge in [-0.15, -0.1) is 0 Å². The molecule has 3 fully saturated rings. The Morgan fingerprint density at radius 3 is 2.68 bits per heavy atom. The van der Waals surface area contributed by atoms with Crippen molar-refractivity contribution in [3.63, 3.8) is 0 Å². The van der Waals surface area contributed by atoms with E-state index in [0.717, 1.165) is 44.0 Å². The molecule has 4 aliphatic rings. The number of aliphatic imine (C=N–C) groups is 1. The molecule has 0 N–H and O–H groups in total. The van der Waals surface area contributed by atoms with Crippen LogP contribution in [0.3, 0.4) is 0 Å². The number of anilines is 2. The normalized spacial score (nSPS) is 26.1. The van der Waals surface area contributed by atoms with Crippen LogP contribution in [-0.4, -0.2) is 97.5 Å². The molecule has 0 bridgehead atoms. The van der Waals surface area contributed by atoms with Crippen molar-refractivity contribution in [1.82, 2.24) is 19.8 Å². The Morgan fingerprint density at radius 2 is 2.05 bits per heavy atom. The average Bonchev–Trinajstić information content (AvgIpc) is 3.25. The van der Waals surface area contributed by atoms with Gasteiger partial charge >= 0.3 is 0 Å². The highest BCUT2D eigenvalue weighted by Gasteiger charge is 2.51. The van der Waals surface area contributed by atoms with Crippen molar-refractivity contribution in [3.05, 3.63) is 35.4 Å². The second-order valence-electron chi connectivity index (χ2n) is 10.6. The van der Waals surface area contributed by atoms with Crippen molar-refractivity contribution in [1.29, 1.82) is 5.26 Å². The standard InChI is InChI=1S/C27H36N8O2/c1-5-20(14-28)13-22(29-3)35-17-27(7-6-8-27)23-24(30-18-31-25(23)35)33-9-10-34(19(2)15-33)26(36)21-16-32(4)11-12-37-21/h5,13,18-19,21H,3,6-12,15-17H2,1-2,4H3/b20-5+,22-13+. The van der Waals surface area contributed by atoms with Gasteiger partial charge in [0.2, 0.25) is 0 Å². The molecule has 2 saturated heterocycles. The Bertz CT molecular complexity index is 1170. The number of rotatable bonds is 5. The molecule has 1 spiro atoms. The molecule has 1 aliphatic carbocycles. The minimum atomic E-state index is -0.394. The number of amides is 1. The van der Waals surface area contributed by atoms with Gasteiger partial charge in [0.15, 0.2) is 0 Å². The largest absolute Gasteiger partial charge is 0.366 e. The smallest absolute Gasteiger partial charge is 0.253 e. The van der Waals surface area contributed by atoms with E-state index in [0.29, 0.717) is 44.2 Å². The lowest BCUT2D eigenvalue weighted by atomic mass is 9.66. The lowest BCUT2D eigenvalue weighted by Crippen LogP contribution is -2.59. The first-order chi connectivity index (χ1) is 17.9. The number of ether oxygens (including phenoxy) is 1. The van der Waals surface area contributed by atoms with Crippen LogP contribution in [0.4, 0.5) is 11.6 Å². The van der Waals surface area contributed by atoms with Gasteiger partial charge < -0.3 is 24.3 Å². The number of allylic oxidation sites excluding steroid dienone is 3. The van der Waals surface area contributed by atoms with Gasteiger partial charge in [-0.1, -0.05) is 12.5 Å². The number of hydrogen-bond acceptors (Lipinski definition) is 9. The van der Waals surface area contributed by atoms with Gasteiger partial charge in [0.25, 0.3) is 5.91 Å². The van der Waals surface area contributed by atoms with E-state index in [9.17, 15) is 10.1 Å². The fourth-order valence-electron chi connectivity index (χ4n) is 6.06. The predicted octanol–water partition coefficient (Wildman–Crippen LogP) is 2.10. The van der Waals surface area contributed by atoms with E-state index in [1.54, 1.807) is 18.5 Å². The summed E-state index contributed by atoms with van der Waals surface area (Å²) in [6, 6.07) is 2.24. The number of likely N-dealkylation sites (N-methyl/N-ethyl adjacent to an activating group) is 1. The maximum Gasteiger partial charge on any atom is 0.253 e. The summed E-state index contributed by atoms with van der Waals surface area (Å²) in [5, 5.41) is 9.45. The lowest BCUT2D eigenvalue weighted by Gasteiger charge is -2.45. The van der Waals surface area contributed by atoms with Crippen molar-refractivity contribution in [2.24, 2.45) is 4.99 Å². The van der Waals surface area contributed by atoms with Crippen LogP contribution in [0.5, 0.6) is 0 Å². The fourth-order valence-corrected chi connectivity index (χ4v) is 6.06. The van der Waals surface area contributed by atoms with Gasteiger partial charge in [-0.2, -0.15) is 5.26 Å². The van der Waals surface area contributed by atoms with Crippen LogP contribution in [0.25, 0.3) is 0 Å². The molecule has 4 heterocycles. The topological polar surface area (TPSA) is 101 Å². The molecule has 5 rings (SSSR count). The molecule has 37 heavy (non-hydrogen) atoms. The van der Waals surface area contributed by atoms with Crippen molar-refractivity contribution in [3.8, 4) is 6.07 Å².